The van der Waals surface area contributed by atoms with Crippen LogP contribution in [0.1, 0.15) is 10.4 Å². The zero-order valence-electron chi connectivity index (χ0n) is 8.67. The van der Waals surface area contributed by atoms with Gasteiger partial charge in [0.25, 0.3) is 0 Å². The molecule has 0 amide bonds. The molecule has 0 bridgehead atoms. The summed E-state index contributed by atoms with van der Waals surface area (Å²) in [5.41, 5.74) is 1.03. The summed E-state index contributed by atoms with van der Waals surface area (Å²) < 4.78 is 6.80. The third-order valence-electron chi connectivity index (χ3n) is 2.14. The fourth-order valence-electron chi connectivity index (χ4n) is 1.29. The lowest BCUT2D eigenvalue weighted by molar-refractivity contribution is 0.309. The van der Waals surface area contributed by atoms with Crippen LogP contribution < -0.4 is 4.74 Å². The molecule has 0 radical (unpaired) electrons. The van der Waals surface area contributed by atoms with E-state index < -0.39 is 0 Å². The van der Waals surface area contributed by atoms with Crippen LogP contribution in [0.4, 0.5) is 0 Å². The van der Waals surface area contributed by atoms with Crippen molar-refractivity contribution < 1.29 is 4.74 Å². The van der Waals surface area contributed by atoms with E-state index in [2.05, 4.69) is 22.0 Å². The van der Waals surface area contributed by atoms with E-state index in [9.17, 15) is 0 Å². The van der Waals surface area contributed by atoms with E-state index in [1.807, 2.05) is 31.2 Å². The van der Waals surface area contributed by atoms with Gasteiger partial charge < -0.3 is 4.74 Å². The van der Waals surface area contributed by atoms with Gasteiger partial charge in [0.05, 0.1) is 3.79 Å². The molecule has 1 aromatic heterocycles. The first-order valence-electron chi connectivity index (χ1n) is 4.78. The molecule has 0 spiro atoms. The molecule has 0 aliphatic heterocycles. The number of benzene rings is 1. The molecule has 0 N–H and O–H groups in total. The van der Waals surface area contributed by atoms with Crippen molar-refractivity contribution in [3.63, 3.8) is 0 Å². The van der Waals surface area contributed by atoms with Crippen LogP contribution in [0, 0.1) is 6.92 Å². The molecule has 16 heavy (non-hydrogen) atoms. The molecule has 0 saturated heterocycles. The number of halogens is 2. The number of aryl methyl sites for hydroxylation is 1. The van der Waals surface area contributed by atoms with Crippen molar-refractivity contribution in [2.75, 3.05) is 0 Å². The third-order valence-corrected chi connectivity index (χ3v) is 4.16. The third kappa shape index (κ3) is 3.00. The Hall–Kier alpha value is -0.510. The highest BCUT2D eigenvalue weighted by atomic mass is 79.9. The molecule has 2 rings (SSSR count). The number of ether oxygens (including phenoxy) is 1. The fourth-order valence-corrected chi connectivity index (χ4v) is 2.80. The minimum absolute atomic E-state index is 0.595. The Balaban J connectivity index is 2.02. The first-order valence-corrected chi connectivity index (χ1v) is 6.77. The molecule has 0 aliphatic carbocycles. The zero-order valence-corrected chi connectivity index (χ0v) is 11.8. The summed E-state index contributed by atoms with van der Waals surface area (Å²) in [5, 5.41) is 0.770. The predicted octanol–water partition coefficient (Wildman–Crippen LogP) is 5.05. The minimum atomic E-state index is 0.595. The summed E-state index contributed by atoms with van der Waals surface area (Å²) in [6.45, 7) is 2.56. The number of thiophene rings is 1. The van der Waals surface area contributed by atoms with Gasteiger partial charge in [0.1, 0.15) is 12.4 Å². The van der Waals surface area contributed by atoms with Gasteiger partial charge in [-0.1, -0.05) is 11.6 Å². The summed E-state index contributed by atoms with van der Waals surface area (Å²) in [4.78, 5) is 1.19. The van der Waals surface area contributed by atoms with E-state index in [4.69, 9.17) is 16.3 Å². The molecule has 1 nitrogen and oxygen atoms in total. The average molecular weight is 318 g/mol. The number of rotatable bonds is 3. The second kappa shape index (κ2) is 5.21. The summed E-state index contributed by atoms with van der Waals surface area (Å²) in [6.07, 6.45) is 0. The summed E-state index contributed by atoms with van der Waals surface area (Å²) in [6, 6.07) is 9.77. The second-order valence-electron chi connectivity index (χ2n) is 3.41. The van der Waals surface area contributed by atoms with Crippen molar-refractivity contribution in [3.8, 4) is 5.75 Å². The van der Waals surface area contributed by atoms with Gasteiger partial charge >= 0.3 is 0 Å². The standard InChI is InChI=1S/C12H10BrClOS/c1-8-6-9(2-4-11(8)14)15-7-10-3-5-12(13)16-10/h2-6H,7H2,1H3. The van der Waals surface area contributed by atoms with Gasteiger partial charge in [-0.05, 0) is 58.7 Å². The molecule has 1 heterocycles. The molecule has 1 aromatic carbocycles. The van der Waals surface area contributed by atoms with E-state index in [1.165, 1.54) is 4.88 Å². The SMILES string of the molecule is Cc1cc(OCc2ccc(Br)s2)ccc1Cl. The molecule has 0 saturated carbocycles. The molecule has 84 valence electrons. The highest BCUT2D eigenvalue weighted by Gasteiger charge is 2.01. The van der Waals surface area contributed by atoms with Crippen molar-refractivity contribution in [2.24, 2.45) is 0 Å². The Morgan fingerprint density at radius 2 is 2.12 bits per heavy atom. The highest BCUT2D eigenvalue weighted by molar-refractivity contribution is 9.11. The van der Waals surface area contributed by atoms with Gasteiger partial charge in [-0.25, -0.2) is 0 Å². The van der Waals surface area contributed by atoms with Crippen LogP contribution >= 0.6 is 38.9 Å². The van der Waals surface area contributed by atoms with Crippen molar-refractivity contribution in [3.05, 3.63) is 49.6 Å². The van der Waals surface area contributed by atoms with Gasteiger partial charge in [-0.15, -0.1) is 11.3 Å². The van der Waals surface area contributed by atoms with Crippen LogP contribution in [-0.4, -0.2) is 0 Å². The molecule has 0 fully saturated rings. The Bertz CT molecular complexity index is 496. The lowest BCUT2D eigenvalue weighted by Crippen LogP contribution is -1.92. The summed E-state index contributed by atoms with van der Waals surface area (Å²) in [7, 11) is 0. The molecular formula is C12H10BrClOS. The maximum Gasteiger partial charge on any atom is 0.122 e. The molecule has 4 heteroatoms. The normalized spacial score (nSPS) is 10.4. The highest BCUT2D eigenvalue weighted by Crippen LogP contribution is 2.25. The maximum absolute atomic E-state index is 5.94. The molecule has 2 aromatic rings. The lowest BCUT2D eigenvalue weighted by Gasteiger charge is -2.06. The van der Waals surface area contributed by atoms with Crippen molar-refractivity contribution >= 4 is 38.9 Å². The lowest BCUT2D eigenvalue weighted by atomic mass is 10.2. The molecule has 0 aliphatic rings. The average Bonchev–Trinajstić information content (AvgIpc) is 2.66. The van der Waals surface area contributed by atoms with Crippen LogP contribution in [0.15, 0.2) is 34.1 Å². The Kier molecular flexibility index (Phi) is 3.90. The van der Waals surface area contributed by atoms with Crippen LogP contribution in [0.25, 0.3) is 0 Å². The summed E-state index contributed by atoms with van der Waals surface area (Å²) in [5.74, 6) is 0.853. The quantitative estimate of drug-likeness (QED) is 0.769. The first-order chi connectivity index (χ1) is 7.65. The number of hydrogen-bond donors (Lipinski definition) is 0. The molecule has 0 atom stereocenters. The van der Waals surface area contributed by atoms with Gasteiger partial charge in [-0.3, -0.25) is 0 Å². The second-order valence-corrected chi connectivity index (χ2v) is 6.36. The topological polar surface area (TPSA) is 9.23 Å². The number of hydrogen-bond acceptors (Lipinski definition) is 2. The van der Waals surface area contributed by atoms with Crippen LogP contribution in [0.5, 0.6) is 5.75 Å². The maximum atomic E-state index is 5.94. The monoisotopic (exact) mass is 316 g/mol. The first kappa shape index (κ1) is 12.0. The zero-order chi connectivity index (χ0) is 11.5. The minimum Gasteiger partial charge on any atom is -0.488 e. The Morgan fingerprint density at radius 3 is 2.75 bits per heavy atom. The van der Waals surface area contributed by atoms with Gasteiger partial charge in [0, 0.05) is 9.90 Å². The largest absolute Gasteiger partial charge is 0.488 e. The smallest absolute Gasteiger partial charge is 0.122 e. The van der Waals surface area contributed by atoms with E-state index in [1.54, 1.807) is 11.3 Å². The van der Waals surface area contributed by atoms with Crippen LogP contribution in [0.2, 0.25) is 5.02 Å². The van der Waals surface area contributed by atoms with Gasteiger partial charge in [0.15, 0.2) is 0 Å². The van der Waals surface area contributed by atoms with E-state index in [-0.39, 0.29) is 0 Å². The Morgan fingerprint density at radius 1 is 1.31 bits per heavy atom. The van der Waals surface area contributed by atoms with Crippen molar-refractivity contribution in [1.82, 2.24) is 0 Å². The van der Waals surface area contributed by atoms with E-state index in [0.717, 1.165) is 20.1 Å². The fraction of sp³-hybridized carbons (Fsp3) is 0.167. The molecular weight excluding hydrogens is 308 g/mol. The molecule has 0 unspecified atom stereocenters. The van der Waals surface area contributed by atoms with E-state index in [0.29, 0.717) is 6.61 Å². The van der Waals surface area contributed by atoms with Crippen LogP contribution in [0.3, 0.4) is 0 Å². The van der Waals surface area contributed by atoms with Crippen molar-refractivity contribution in [1.29, 1.82) is 0 Å². The predicted molar refractivity (Wildman–Crippen MR) is 72.5 cm³/mol. The van der Waals surface area contributed by atoms with Gasteiger partial charge in [-0.2, -0.15) is 0 Å². The van der Waals surface area contributed by atoms with Crippen LogP contribution in [-0.2, 0) is 6.61 Å². The van der Waals surface area contributed by atoms with E-state index >= 15 is 0 Å². The summed E-state index contributed by atoms with van der Waals surface area (Å²) >= 11 is 11.0. The van der Waals surface area contributed by atoms with Gasteiger partial charge in [0.2, 0.25) is 0 Å². The Labute approximate surface area is 112 Å². The van der Waals surface area contributed by atoms with Crippen molar-refractivity contribution in [2.45, 2.75) is 13.5 Å².